The van der Waals surface area contributed by atoms with Crippen LogP contribution in [0.15, 0.2) is 0 Å². The van der Waals surface area contributed by atoms with Gasteiger partial charge in [0.15, 0.2) is 0 Å². The van der Waals surface area contributed by atoms with Gasteiger partial charge >= 0.3 is 5.97 Å². The molecule has 0 saturated heterocycles. The number of ether oxygens (including phenoxy) is 1. The van der Waals surface area contributed by atoms with Crippen molar-refractivity contribution in [3.63, 3.8) is 0 Å². The molecule has 6 heteroatoms. The van der Waals surface area contributed by atoms with Crippen LogP contribution in [0.3, 0.4) is 0 Å². The average Bonchev–Trinajstić information content (AvgIpc) is 3.25. The molecule has 0 saturated carbocycles. The van der Waals surface area contributed by atoms with Crippen molar-refractivity contribution >= 4 is 11.9 Å². The maximum atomic E-state index is 12.4. The van der Waals surface area contributed by atoms with Crippen LogP contribution in [0.4, 0.5) is 0 Å². The summed E-state index contributed by atoms with van der Waals surface area (Å²) in [4.78, 5) is 24.5. The average molecular weight is 850 g/mol. The van der Waals surface area contributed by atoms with Crippen molar-refractivity contribution < 1.29 is 24.5 Å². The zero-order valence-corrected chi connectivity index (χ0v) is 40.7. The zero-order valence-electron chi connectivity index (χ0n) is 40.7. The number of carbonyl (C=O) groups is 2. The molecule has 3 N–H and O–H groups in total. The molecule has 0 fully saturated rings. The molecular weight excluding hydrogens is 743 g/mol. The first-order valence-corrected chi connectivity index (χ1v) is 27.3. The molecule has 0 aliphatic heterocycles. The first-order chi connectivity index (χ1) is 29.5. The minimum absolute atomic E-state index is 0.00237. The van der Waals surface area contributed by atoms with Crippen molar-refractivity contribution in [1.82, 2.24) is 5.32 Å². The highest BCUT2D eigenvalue weighted by Gasteiger charge is 2.20. The largest absolute Gasteiger partial charge is 0.466 e. The minimum Gasteiger partial charge on any atom is -0.466 e. The number of aliphatic hydroxyl groups excluding tert-OH is 2. The number of aliphatic hydroxyl groups is 2. The molecule has 0 aromatic carbocycles. The van der Waals surface area contributed by atoms with Gasteiger partial charge in [-0.15, -0.1) is 0 Å². The Morgan fingerprint density at radius 3 is 1.02 bits per heavy atom. The Hall–Kier alpha value is -1.14. The van der Waals surface area contributed by atoms with E-state index in [-0.39, 0.29) is 18.5 Å². The molecule has 0 aliphatic rings. The molecule has 2 unspecified atom stereocenters. The van der Waals surface area contributed by atoms with E-state index in [0.29, 0.717) is 25.9 Å². The number of carbonyl (C=O) groups excluding carboxylic acids is 2. The SMILES string of the molecule is CCCCCCCCCCCCCCCCCCCC(=O)OCCCCCCCCCCCCCCCCC(=O)NC(CO)C(O)CCCCCCCCCCCCCC. The number of unbranched alkanes of at least 4 members (excludes halogenated alkanes) is 40. The predicted molar refractivity (Wildman–Crippen MR) is 260 cm³/mol. The third-order valence-electron chi connectivity index (χ3n) is 12.9. The standard InChI is InChI=1S/C54H107NO5/c1-3-5-7-9-11-13-15-17-18-19-20-24-28-32-36-40-44-48-54(59)60-49-45-41-37-33-29-25-22-21-23-27-31-35-39-43-47-53(58)55-51(50-56)52(57)46-42-38-34-30-26-16-14-12-10-8-6-4-2/h51-52,56-57H,3-50H2,1-2H3,(H,55,58). The summed E-state index contributed by atoms with van der Waals surface area (Å²) in [7, 11) is 0. The quantitative estimate of drug-likeness (QED) is 0.0418. The van der Waals surface area contributed by atoms with Crippen molar-refractivity contribution in [2.45, 2.75) is 321 Å². The highest BCUT2D eigenvalue weighted by atomic mass is 16.5. The fraction of sp³-hybridized carbons (Fsp3) is 0.963. The summed E-state index contributed by atoms with van der Waals surface area (Å²) >= 11 is 0. The minimum atomic E-state index is -0.668. The van der Waals surface area contributed by atoms with E-state index in [9.17, 15) is 19.8 Å². The van der Waals surface area contributed by atoms with Gasteiger partial charge in [0.05, 0.1) is 25.4 Å². The maximum Gasteiger partial charge on any atom is 0.305 e. The topological polar surface area (TPSA) is 95.9 Å². The molecule has 60 heavy (non-hydrogen) atoms. The van der Waals surface area contributed by atoms with E-state index >= 15 is 0 Å². The van der Waals surface area contributed by atoms with Gasteiger partial charge in [-0.2, -0.15) is 0 Å². The van der Waals surface area contributed by atoms with Gasteiger partial charge in [-0.25, -0.2) is 0 Å². The van der Waals surface area contributed by atoms with E-state index in [1.165, 1.54) is 225 Å². The highest BCUT2D eigenvalue weighted by molar-refractivity contribution is 5.76. The fourth-order valence-corrected chi connectivity index (χ4v) is 8.70. The summed E-state index contributed by atoms with van der Waals surface area (Å²) in [6.07, 6.45) is 56.5. The molecule has 0 rings (SSSR count). The van der Waals surface area contributed by atoms with Crippen LogP contribution < -0.4 is 5.32 Å². The molecule has 0 aliphatic carbocycles. The van der Waals surface area contributed by atoms with Crippen LogP contribution >= 0.6 is 0 Å². The smallest absolute Gasteiger partial charge is 0.305 e. The second-order valence-corrected chi connectivity index (χ2v) is 18.9. The van der Waals surface area contributed by atoms with Crippen LogP contribution in [0.25, 0.3) is 0 Å². The van der Waals surface area contributed by atoms with Crippen LogP contribution in [0.5, 0.6) is 0 Å². The van der Waals surface area contributed by atoms with Crippen molar-refractivity contribution in [1.29, 1.82) is 0 Å². The van der Waals surface area contributed by atoms with Crippen LogP contribution in [0, 0.1) is 0 Å². The summed E-state index contributed by atoms with van der Waals surface area (Å²) in [5.74, 6) is -0.0418. The number of hydrogen-bond donors (Lipinski definition) is 3. The third kappa shape index (κ3) is 46.4. The second kappa shape index (κ2) is 50.5. The Morgan fingerprint density at radius 2 is 0.683 bits per heavy atom. The second-order valence-electron chi connectivity index (χ2n) is 18.9. The Kier molecular flexibility index (Phi) is 49.5. The molecule has 358 valence electrons. The van der Waals surface area contributed by atoms with E-state index in [1.807, 2.05) is 0 Å². The van der Waals surface area contributed by atoms with Gasteiger partial charge in [0.1, 0.15) is 0 Å². The number of esters is 1. The molecule has 0 aromatic rings. The van der Waals surface area contributed by atoms with Crippen molar-refractivity contribution in [3.05, 3.63) is 0 Å². The van der Waals surface area contributed by atoms with Gasteiger partial charge in [-0.05, 0) is 25.7 Å². The fourth-order valence-electron chi connectivity index (χ4n) is 8.70. The Morgan fingerprint density at radius 1 is 0.400 bits per heavy atom. The van der Waals surface area contributed by atoms with Gasteiger partial charge in [0, 0.05) is 12.8 Å². The Bertz CT molecular complexity index is 852. The lowest BCUT2D eigenvalue weighted by Crippen LogP contribution is -2.45. The first-order valence-electron chi connectivity index (χ1n) is 27.3. The molecule has 1 amide bonds. The molecule has 0 heterocycles. The van der Waals surface area contributed by atoms with Gasteiger partial charge < -0.3 is 20.3 Å². The van der Waals surface area contributed by atoms with Crippen LogP contribution in [-0.2, 0) is 14.3 Å². The van der Waals surface area contributed by atoms with Gasteiger partial charge in [-0.3, -0.25) is 9.59 Å². The van der Waals surface area contributed by atoms with E-state index in [0.717, 1.165) is 51.4 Å². The van der Waals surface area contributed by atoms with Gasteiger partial charge in [0.2, 0.25) is 5.91 Å². The van der Waals surface area contributed by atoms with Gasteiger partial charge in [0.25, 0.3) is 0 Å². The zero-order chi connectivity index (χ0) is 43.7. The third-order valence-corrected chi connectivity index (χ3v) is 12.9. The predicted octanol–water partition coefficient (Wildman–Crippen LogP) is 16.4. The maximum absolute atomic E-state index is 12.4. The summed E-state index contributed by atoms with van der Waals surface area (Å²) in [6, 6.07) is -0.547. The number of rotatable bonds is 51. The summed E-state index contributed by atoms with van der Waals surface area (Å²) in [5.41, 5.74) is 0. The monoisotopic (exact) mass is 850 g/mol. The summed E-state index contributed by atoms with van der Waals surface area (Å²) in [5, 5.41) is 23.2. The van der Waals surface area contributed by atoms with Crippen LogP contribution in [0.2, 0.25) is 0 Å². The lowest BCUT2D eigenvalue weighted by molar-refractivity contribution is -0.143. The summed E-state index contributed by atoms with van der Waals surface area (Å²) < 4.78 is 5.48. The van der Waals surface area contributed by atoms with E-state index in [4.69, 9.17) is 4.74 Å². The molecule has 6 nitrogen and oxygen atoms in total. The molecule has 0 radical (unpaired) electrons. The van der Waals surface area contributed by atoms with Crippen molar-refractivity contribution in [3.8, 4) is 0 Å². The lowest BCUT2D eigenvalue weighted by atomic mass is 10.0. The highest BCUT2D eigenvalue weighted by Crippen LogP contribution is 2.17. The molecule has 0 aromatic heterocycles. The molecule has 2 atom stereocenters. The van der Waals surface area contributed by atoms with E-state index in [2.05, 4.69) is 19.2 Å². The van der Waals surface area contributed by atoms with Crippen LogP contribution in [0.1, 0.15) is 309 Å². The molecule has 0 spiro atoms. The van der Waals surface area contributed by atoms with E-state index < -0.39 is 12.1 Å². The van der Waals surface area contributed by atoms with Crippen molar-refractivity contribution in [2.24, 2.45) is 0 Å². The normalized spacial score (nSPS) is 12.5. The summed E-state index contributed by atoms with van der Waals surface area (Å²) in [6.45, 7) is 4.95. The first kappa shape index (κ1) is 58.9. The molecule has 0 bridgehead atoms. The Balaban J connectivity index is 3.39. The van der Waals surface area contributed by atoms with Gasteiger partial charge in [-0.1, -0.05) is 271 Å². The number of amides is 1. The number of nitrogens with one attached hydrogen (secondary N) is 1. The van der Waals surface area contributed by atoms with Crippen molar-refractivity contribution in [2.75, 3.05) is 13.2 Å². The lowest BCUT2D eigenvalue weighted by Gasteiger charge is -2.22. The molecular formula is C54H107NO5. The van der Waals surface area contributed by atoms with E-state index in [1.54, 1.807) is 0 Å². The number of hydrogen-bond acceptors (Lipinski definition) is 5. The Labute approximate surface area is 375 Å². The van der Waals surface area contributed by atoms with Crippen LogP contribution in [-0.4, -0.2) is 47.4 Å².